The summed E-state index contributed by atoms with van der Waals surface area (Å²) >= 11 is 0. The van der Waals surface area contributed by atoms with Gasteiger partial charge in [-0.05, 0) is 24.1 Å². The molecule has 0 fully saturated rings. The van der Waals surface area contributed by atoms with Crippen LogP contribution in [0, 0.1) is 11.8 Å². The molecule has 0 aliphatic rings. The van der Waals surface area contributed by atoms with Crippen LogP contribution in [0.15, 0.2) is 41.3 Å². The molecular formula is C15H14N4O2. The minimum absolute atomic E-state index is 0.242. The molecule has 106 valence electrons. The van der Waals surface area contributed by atoms with E-state index in [1.54, 1.807) is 31.3 Å². The Labute approximate surface area is 121 Å². The Balaban J connectivity index is 2.19. The molecule has 0 aromatic carbocycles. The fraction of sp³-hybridized carbons (Fsp3) is 0.133. The summed E-state index contributed by atoms with van der Waals surface area (Å²) in [5.74, 6) is 5.44. The van der Waals surface area contributed by atoms with Gasteiger partial charge in [0.25, 0.3) is 11.5 Å². The Bertz CT molecular complexity index is 784. The van der Waals surface area contributed by atoms with Crippen molar-refractivity contribution in [1.82, 2.24) is 9.55 Å². The summed E-state index contributed by atoms with van der Waals surface area (Å²) in [6, 6.07) is 7.93. The van der Waals surface area contributed by atoms with Crippen LogP contribution in [0.1, 0.15) is 16.1 Å². The van der Waals surface area contributed by atoms with Gasteiger partial charge in [-0.25, -0.2) is 4.98 Å². The molecule has 0 bridgehead atoms. The lowest BCUT2D eigenvalue weighted by Crippen LogP contribution is -2.20. The van der Waals surface area contributed by atoms with Crippen molar-refractivity contribution in [2.75, 3.05) is 11.9 Å². The Hall–Kier alpha value is -2.91. The Morgan fingerprint density at radius 1 is 1.43 bits per heavy atom. The lowest BCUT2D eigenvalue weighted by molar-refractivity contribution is 0.102. The van der Waals surface area contributed by atoms with Crippen molar-refractivity contribution in [3.63, 3.8) is 0 Å². The number of nitrogens with one attached hydrogen (secondary N) is 1. The minimum Gasteiger partial charge on any atom is -0.320 e. The molecule has 1 amide bonds. The summed E-state index contributed by atoms with van der Waals surface area (Å²) in [6.45, 7) is 0.242. The Morgan fingerprint density at radius 2 is 2.24 bits per heavy atom. The van der Waals surface area contributed by atoms with Gasteiger partial charge in [-0.1, -0.05) is 12.0 Å². The number of pyridine rings is 2. The van der Waals surface area contributed by atoms with Gasteiger partial charge in [0.1, 0.15) is 11.5 Å². The van der Waals surface area contributed by atoms with E-state index < -0.39 is 5.91 Å². The van der Waals surface area contributed by atoms with E-state index in [9.17, 15) is 9.59 Å². The highest BCUT2D eigenvalue weighted by Gasteiger charge is 2.08. The first-order chi connectivity index (χ1) is 10.1. The first-order valence-electron chi connectivity index (χ1n) is 6.24. The molecule has 0 spiro atoms. The number of nitrogens with two attached hydrogens (primary N) is 1. The number of rotatable bonds is 2. The Kier molecular flexibility index (Phi) is 4.49. The topological polar surface area (TPSA) is 90.0 Å². The van der Waals surface area contributed by atoms with Crippen molar-refractivity contribution >= 4 is 11.7 Å². The molecule has 0 saturated carbocycles. The first-order valence-corrected chi connectivity index (χ1v) is 6.24. The molecular weight excluding hydrogens is 268 g/mol. The maximum Gasteiger partial charge on any atom is 0.257 e. The van der Waals surface area contributed by atoms with Gasteiger partial charge in [0, 0.05) is 24.9 Å². The summed E-state index contributed by atoms with van der Waals surface area (Å²) < 4.78 is 1.39. The smallest absolute Gasteiger partial charge is 0.257 e. The van der Waals surface area contributed by atoms with Crippen molar-refractivity contribution < 1.29 is 4.79 Å². The number of hydrogen-bond acceptors (Lipinski definition) is 4. The van der Waals surface area contributed by atoms with Crippen LogP contribution in [0.3, 0.4) is 0 Å². The summed E-state index contributed by atoms with van der Waals surface area (Å²) in [4.78, 5) is 27.7. The van der Waals surface area contributed by atoms with E-state index in [4.69, 9.17) is 5.73 Å². The van der Waals surface area contributed by atoms with Crippen LogP contribution in [-0.4, -0.2) is 22.0 Å². The maximum atomic E-state index is 12.0. The monoisotopic (exact) mass is 282 g/mol. The van der Waals surface area contributed by atoms with Crippen LogP contribution < -0.4 is 16.6 Å². The number of hydrogen-bond donors (Lipinski definition) is 2. The lowest BCUT2D eigenvalue weighted by atomic mass is 10.2. The largest absolute Gasteiger partial charge is 0.320 e. The molecule has 6 heteroatoms. The molecule has 0 saturated heterocycles. The second-order valence-corrected chi connectivity index (χ2v) is 4.23. The zero-order valence-corrected chi connectivity index (χ0v) is 11.5. The molecule has 3 N–H and O–H groups in total. The standard InChI is InChI=1S/C15H14N4O2/c1-19-9-7-11(10-14(19)20)15(21)18-13-6-2-4-12(17-13)5-3-8-16/h2,4,6-7,9-10H,8,16H2,1H3,(H,17,18,21). The molecule has 2 rings (SSSR count). The predicted octanol–water partition coefficient (Wildman–Crippen LogP) is 0.343. The van der Waals surface area contributed by atoms with Gasteiger partial charge in [0.05, 0.1) is 6.54 Å². The van der Waals surface area contributed by atoms with E-state index in [1.165, 1.54) is 16.8 Å². The van der Waals surface area contributed by atoms with Crippen molar-refractivity contribution in [1.29, 1.82) is 0 Å². The highest BCUT2D eigenvalue weighted by molar-refractivity contribution is 6.03. The van der Waals surface area contributed by atoms with E-state index in [-0.39, 0.29) is 17.7 Å². The van der Waals surface area contributed by atoms with Gasteiger partial charge in [-0.3, -0.25) is 9.59 Å². The van der Waals surface area contributed by atoms with Gasteiger partial charge >= 0.3 is 0 Å². The highest BCUT2D eigenvalue weighted by atomic mass is 16.2. The number of aryl methyl sites for hydroxylation is 1. The summed E-state index contributed by atoms with van der Waals surface area (Å²) in [5.41, 5.74) is 5.84. The van der Waals surface area contributed by atoms with Crippen LogP contribution in [0.5, 0.6) is 0 Å². The predicted molar refractivity (Wildman–Crippen MR) is 79.8 cm³/mol. The lowest BCUT2D eigenvalue weighted by Gasteiger charge is -2.05. The van der Waals surface area contributed by atoms with Crippen LogP contribution >= 0.6 is 0 Å². The molecule has 0 atom stereocenters. The number of nitrogens with zero attached hydrogens (tertiary/aromatic N) is 2. The molecule has 2 aromatic heterocycles. The van der Waals surface area contributed by atoms with E-state index in [0.29, 0.717) is 11.5 Å². The highest BCUT2D eigenvalue weighted by Crippen LogP contribution is 2.06. The van der Waals surface area contributed by atoms with Crippen LogP contribution in [0.2, 0.25) is 0 Å². The van der Waals surface area contributed by atoms with Crippen LogP contribution in [0.25, 0.3) is 0 Å². The van der Waals surface area contributed by atoms with Crippen LogP contribution in [-0.2, 0) is 7.05 Å². The van der Waals surface area contributed by atoms with Crippen LogP contribution in [0.4, 0.5) is 5.82 Å². The molecule has 6 nitrogen and oxygen atoms in total. The fourth-order valence-electron chi connectivity index (χ4n) is 1.59. The zero-order chi connectivity index (χ0) is 15.2. The van der Waals surface area contributed by atoms with E-state index >= 15 is 0 Å². The van der Waals surface area contributed by atoms with Crippen molar-refractivity contribution in [2.24, 2.45) is 12.8 Å². The van der Waals surface area contributed by atoms with Gasteiger partial charge in [0.2, 0.25) is 0 Å². The van der Waals surface area contributed by atoms with Gasteiger partial charge in [-0.2, -0.15) is 0 Å². The second kappa shape index (κ2) is 6.50. The zero-order valence-electron chi connectivity index (χ0n) is 11.5. The van der Waals surface area contributed by atoms with E-state index in [2.05, 4.69) is 22.1 Å². The molecule has 21 heavy (non-hydrogen) atoms. The third-order valence-electron chi connectivity index (χ3n) is 2.68. The molecule has 0 aliphatic carbocycles. The molecule has 0 aliphatic heterocycles. The van der Waals surface area contributed by atoms with Crippen molar-refractivity contribution in [2.45, 2.75) is 0 Å². The minimum atomic E-state index is -0.399. The number of carbonyl (C=O) groups is 1. The summed E-state index contributed by atoms with van der Waals surface area (Å²) in [6.07, 6.45) is 1.54. The Morgan fingerprint density at radius 3 is 2.95 bits per heavy atom. The third kappa shape index (κ3) is 3.78. The number of carbonyl (C=O) groups excluding carboxylic acids is 1. The van der Waals surface area contributed by atoms with E-state index in [0.717, 1.165) is 0 Å². The molecule has 0 unspecified atom stereocenters. The van der Waals surface area contributed by atoms with Gasteiger partial charge in [-0.15, -0.1) is 0 Å². The SMILES string of the molecule is Cn1ccc(C(=O)Nc2cccc(C#CCN)n2)cc1=O. The number of anilines is 1. The summed E-state index contributed by atoms with van der Waals surface area (Å²) in [7, 11) is 1.62. The average molecular weight is 282 g/mol. The first kappa shape index (κ1) is 14.5. The summed E-state index contributed by atoms with van der Waals surface area (Å²) in [5, 5.41) is 2.62. The quantitative estimate of drug-likeness (QED) is 0.777. The average Bonchev–Trinajstić information content (AvgIpc) is 2.48. The van der Waals surface area contributed by atoms with Gasteiger partial charge in [0.15, 0.2) is 0 Å². The molecule has 0 radical (unpaired) electrons. The second-order valence-electron chi connectivity index (χ2n) is 4.23. The molecule has 2 aromatic rings. The van der Waals surface area contributed by atoms with Gasteiger partial charge < -0.3 is 15.6 Å². The normalized spacial score (nSPS) is 9.62. The van der Waals surface area contributed by atoms with Crippen molar-refractivity contribution in [3.8, 4) is 11.8 Å². The number of amides is 1. The molecule has 2 heterocycles. The number of aromatic nitrogens is 2. The van der Waals surface area contributed by atoms with E-state index in [1.807, 2.05) is 0 Å². The van der Waals surface area contributed by atoms with Crippen molar-refractivity contribution in [3.05, 3.63) is 58.1 Å². The maximum absolute atomic E-state index is 12.0. The fourth-order valence-corrected chi connectivity index (χ4v) is 1.59. The third-order valence-corrected chi connectivity index (χ3v) is 2.68.